The lowest BCUT2D eigenvalue weighted by molar-refractivity contribution is 0.218. The molecule has 4 nitrogen and oxygen atoms in total. The predicted molar refractivity (Wildman–Crippen MR) is 81.2 cm³/mol. The Labute approximate surface area is 119 Å². The number of hydrogen-bond donors (Lipinski definition) is 2. The van der Waals surface area contributed by atoms with Gasteiger partial charge in [-0.2, -0.15) is 0 Å². The maximum Gasteiger partial charge on any atom is 0.121 e. The molecule has 1 aromatic carbocycles. The fourth-order valence-electron chi connectivity index (χ4n) is 2.77. The van der Waals surface area contributed by atoms with E-state index in [0.717, 1.165) is 55.1 Å². The first-order valence-corrected chi connectivity index (χ1v) is 7.67. The molecule has 1 aliphatic rings. The fraction of sp³-hybridized carbons (Fsp3) is 0.562. The molecular weight excluding hydrogens is 250 g/mol. The van der Waals surface area contributed by atoms with Crippen LogP contribution in [0.15, 0.2) is 18.2 Å². The normalized spacial score (nSPS) is 19.4. The molecule has 20 heavy (non-hydrogen) atoms. The van der Waals surface area contributed by atoms with Crippen molar-refractivity contribution in [3.8, 4) is 5.75 Å². The minimum Gasteiger partial charge on any atom is -0.493 e. The smallest absolute Gasteiger partial charge is 0.121 e. The lowest BCUT2D eigenvalue weighted by Crippen LogP contribution is -2.33. The van der Waals surface area contributed by atoms with E-state index < -0.39 is 0 Å². The molecule has 108 valence electrons. The third kappa shape index (κ3) is 3.12. The maximum atomic E-state index is 5.94. The summed E-state index contributed by atoms with van der Waals surface area (Å²) in [5.41, 5.74) is 2.10. The van der Waals surface area contributed by atoms with Crippen LogP contribution >= 0.6 is 0 Å². The van der Waals surface area contributed by atoms with Gasteiger partial charge in [0.2, 0.25) is 0 Å². The van der Waals surface area contributed by atoms with Gasteiger partial charge in [0.05, 0.1) is 17.6 Å². The summed E-state index contributed by atoms with van der Waals surface area (Å²) >= 11 is 0. The Hall–Kier alpha value is -1.55. The highest BCUT2D eigenvalue weighted by atomic mass is 16.5. The molecule has 1 saturated heterocycles. The standard InChI is InChI=1S/C16H23N3O/c1-2-4-16-18-14-7-6-13(9-15(14)19-16)20-11-12-5-3-8-17-10-12/h6-7,9,12,17H,2-5,8,10-11H2,1H3,(H,18,19). The number of aromatic amines is 1. The Balaban J connectivity index is 1.65. The van der Waals surface area contributed by atoms with Crippen LogP contribution in [-0.2, 0) is 6.42 Å². The summed E-state index contributed by atoms with van der Waals surface area (Å²) < 4.78 is 5.94. The summed E-state index contributed by atoms with van der Waals surface area (Å²) in [4.78, 5) is 7.94. The largest absolute Gasteiger partial charge is 0.493 e. The first-order chi connectivity index (χ1) is 9.85. The number of aromatic nitrogens is 2. The van der Waals surface area contributed by atoms with Gasteiger partial charge in [0, 0.05) is 24.9 Å². The summed E-state index contributed by atoms with van der Waals surface area (Å²) in [5, 5.41) is 3.42. The third-order valence-electron chi connectivity index (χ3n) is 3.87. The van der Waals surface area contributed by atoms with E-state index in [1.165, 1.54) is 12.8 Å². The van der Waals surface area contributed by atoms with E-state index in [-0.39, 0.29) is 0 Å². The second-order valence-electron chi connectivity index (χ2n) is 5.64. The summed E-state index contributed by atoms with van der Waals surface area (Å²) in [6.07, 6.45) is 4.63. The molecular formula is C16H23N3O. The number of nitrogens with zero attached hydrogens (tertiary/aromatic N) is 1. The van der Waals surface area contributed by atoms with Gasteiger partial charge >= 0.3 is 0 Å². The van der Waals surface area contributed by atoms with Crippen molar-refractivity contribution >= 4 is 11.0 Å². The van der Waals surface area contributed by atoms with Crippen LogP contribution in [0.3, 0.4) is 0 Å². The molecule has 4 heteroatoms. The highest BCUT2D eigenvalue weighted by Gasteiger charge is 2.13. The van der Waals surface area contributed by atoms with Gasteiger partial charge < -0.3 is 15.0 Å². The van der Waals surface area contributed by atoms with E-state index in [1.807, 2.05) is 12.1 Å². The number of ether oxygens (including phenoxy) is 1. The van der Waals surface area contributed by atoms with Crippen LogP contribution in [0.5, 0.6) is 5.75 Å². The minimum atomic E-state index is 0.636. The predicted octanol–water partition coefficient (Wildman–Crippen LogP) is 2.89. The topological polar surface area (TPSA) is 49.9 Å². The van der Waals surface area contributed by atoms with Crippen LogP contribution in [0.2, 0.25) is 0 Å². The molecule has 0 bridgehead atoms. The molecule has 1 aromatic heterocycles. The number of H-pyrrole nitrogens is 1. The van der Waals surface area contributed by atoms with E-state index in [4.69, 9.17) is 4.74 Å². The molecule has 2 heterocycles. The zero-order valence-corrected chi connectivity index (χ0v) is 12.1. The summed E-state index contributed by atoms with van der Waals surface area (Å²) in [7, 11) is 0. The zero-order chi connectivity index (χ0) is 13.8. The van der Waals surface area contributed by atoms with Gasteiger partial charge in [-0.1, -0.05) is 6.92 Å². The van der Waals surface area contributed by atoms with Gasteiger partial charge in [0.1, 0.15) is 11.6 Å². The SMILES string of the molecule is CCCc1nc2ccc(OCC3CCCNC3)cc2[nH]1. The van der Waals surface area contributed by atoms with Gasteiger partial charge in [-0.05, 0) is 37.9 Å². The van der Waals surface area contributed by atoms with Crippen molar-refractivity contribution in [3.63, 3.8) is 0 Å². The summed E-state index contributed by atoms with van der Waals surface area (Å²) in [5.74, 6) is 2.64. The van der Waals surface area contributed by atoms with Crippen molar-refractivity contribution in [2.24, 2.45) is 5.92 Å². The summed E-state index contributed by atoms with van der Waals surface area (Å²) in [6, 6.07) is 6.13. The lowest BCUT2D eigenvalue weighted by atomic mass is 10.0. The minimum absolute atomic E-state index is 0.636. The van der Waals surface area contributed by atoms with E-state index in [9.17, 15) is 0 Å². The van der Waals surface area contributed by atoms with Gasteiger partial charge in [0.25, 0.3) is 0 Å². The molecule has 0 amide bonds. The van der Waals surface area contributed by atoms with Crippen LogP contribution in [-0.4, -0.2) is 29.7 Å². The van der Waals surface area contributed by atoms with Crippen LogP contribution in [0.4, 0.5) is 0 Å². The zero-order valence-electron chi connectivity index (χ0n) is 12.1. The van der Waals surface area contributed by atoms with Crippen LogP contribution < -0.4 is 10.1 Å². The maximum absolute atomic E-state index is 5.94. The molecule has 2 aromatic rings. The molecule has 2 N–H and O–H groups in total. The molecule has 1 unspecified atom stereocenters. The fourth-order valence-corrected chi connectivity index (χ4v) is 2.77. The Morgan fingerprint density at radius 2 is 2.35 bits per heavy atom. The number of hydrogen-bond acceptors (Lipinski definition) is 3. The average Bonchev–Trinajstić information content (AvgIpc) is 2.88. The van der Waals surface area contributed by atoms with Crippen molar-refractivity contribution in [3.05, 3.63) is 24.0 Å². The van der Waals surface area contributed by atoms with Gasteiger partial charge in [-0.3, -0.25) is 0 Å². The second kappa shape index (κ2) is 6.27. The second-order valence-corrected chi connectivity index (χ2v) is 5.64. The number of benzene rings is 1. The number of rotatable bonds is 5. The quantitative estimate of drug-likeness (QED) is 0.880. The summed E-state index contributed by atoms with van der Waals surface area (Å²) in [6.45, 7) is 5.19. The highest BCUT2D eigenvalue weighted by Crippen LogP contribution is 2.21. The van der Waals surface area contributed by atoms with E-state index in [0.29, 0.717) is 5.92 Å². The Morgan fingerprint density at radius 3 is 3.15 bits per heavy atom. The number of piperidine rings is 1. The van der Waals surface area contributed by atoms with Crippen molar-refractivity contribution < 1.29 is 4.74 Å². The van der Waals surface area contributed by atoms with Gasteiger partial charge in [-0.25, -0.2) is 4.98 Å². The van der Waals surface area contributed by atoms with Gasteiger partial charge in [-0.15, -0.1) is 0 Å². The molecule has 1 fully saturated rings. The molecule has 0 radical (unpaired) electrons. The first-order valence-electron chi connectivity index (χ1n) is 7.67. The number of fused-ring (bicyclic) bond motifs is 1. The molecule has 1 aliphatic heterocycles. The highest BCUT2D eigenvalue weighted by molar-refractivity contribution is 5.76. The number of aryl methyl sites for hydroxylation is 1. The first kappa shape index (κ1) is 13.4. The monoisotopic (exact) mass is 273 g/mol. The Kier molecular flexibility index (Phi) is 4.21. The Morgan fingerprint density at radius 1 is 1.40 bits per heavy atom. The molecule has 3 rings (SSSR count). The molecule has 0 saturated carbocycles. The average molecular weight is 273 g/mol. The van der Waals surface area contributed by atoms with Crippen molar-refractivity contribution in [1.82, 2.24) is 15.3 Å². The number of nitrogens with one attached hydrogen (secondary N) is 2. The van der Waals surface area contributed by atoms with Crippen molar-refractivity contribution in [2.45, 2.75) is 32.6 Å². The Bertz CT molecular complexity index is 558. The van der Waals surface area contributed by atoms with Crippen LogP contribution in [0.1, 0.15) is 32.0 Å². The number of imidazole rings is 1. The molecule has 0 spiro atoms. The van der Waals surface area contributed by atoms with Crippen LogP contribution in [0.25, 0.3) is 11.0 Å². The molecule has 1 atom stereocenters. The van der Waals surface area contributed by atoms with Crippen molar-refractivity contribution in [2.75, 3.05) is 19.7 Å². The lowest BCUT2D eigenvalue weighted by Gasteiger charge is -2.22. The van der Waals surface area contributed by atoms with Gasteiger partial charge in [0.15, 0.2) is 0 Å². The molecule has 0 aliphatic carbocycles. The van der Waals surface area contributed by atoms with E-state index >= 15 is 0 Å². The third-order valence-corrected chi connectivity index (χ3v) is 3.87. The van der Waals surface area contributed by atoms with E-state index in [1.54, 1.807) is 0 Å². The van der Waals surface area contributed by atoms with Crippen LogP contribution in [0, 0.1) is 5.92 Å². The van der Waals surface area contributed by atoms with Crippen molar-refractivity contribution in [1.29, 1.82) is 0 Å². The van der Waals surface area contributed by atoms with E-state index in [2.05, 4.69) is 28.3 Å².